The number of nitrogens with one attached hydrogen (secondary N) is 2. The molecule has 0 aliphatic heterocycles. The molecule has 3 aromatic heterocycles. The Bertz CT molecular complexity index is 1520. The largest absolute Gasteiger partial charge is 0.365 e. The second-order valence-electron chi connectivity index (χ2n) is 9.11. The van der Waals surface area contributed by atoms with Crippen molar-refractivity contribution in [1.82, 2.24) is 24.7 Å². The molecule has 0 saturated carbocycles. The van der Waals surface area contributed by atoms with E-state index in [0.717, 1.165) is 34.3 Å². The molecule has 0 aliphatic carbocycles. The maximum absolute atomic E-state index is 11.2. The number of aryl methyl sites for hydroxylation is 2. The zero-order chi connectivity index (χ0) is 25.1. The fourth-order valence-corrected chi connectivity index (χ4v) is 4.50. The topological polar surface area (TPSA) is 115 Å². The predicted molar refractivity (Wildman–Crippen MR) is 142 cm³/mol. The number of nitrogens with zero attached hydrogens (tertiary/aromatic N) is 4. The summed E-state index contributed by atoms with van der Waals surface area (Å²) in [6.45, 7) is 6.06. The van der Waals surface area contributed by atoms with Crippen molar-refractivity contribution < 1.29 is 0 Å². The van der Waals surface area contributed by atoms with Gasteiger partial charge in [-0.15, -0.1) is 0 Å². The summed E-state index contributed by atoms with van der Waals surface area (Å²) in [6.07, 6.45) is 6.06. The van der Waals surface area contributed by atoms with Gasteiger partial charge in [-0.1, -0.05) is 42.5 Å². The summed E-state index contributed by atoms with van der Waals surface area (Å²) in [5.41, 5.74) is 14.6. The van der Waals surface area contributed by atoms with Crippen LogP contribution in [0.5, 0.6) is 0 Å². The number of hydrogen-bond donors (Lipinski definition) is 3. The Labute approximate surface area is 209 Å². The monoisotopic (exact) mass is 479 g/mol. The third-order valence-corrected chi connectivity index (χ3v) is 6.41. The van der Waals surface area contributed by atoms with E-state index < -0.39 is 0 Å². The highest BCUT2D eigenvalue weighted by Crippen LogP contribution is 2.22. The van der Waals surface area contributed by atoms with Gasteiger partial charge in [0.1, 0.15) is 12.1 Å². The molecule has 0 aliphatic rings. The Balaban J connectivity index is 1.29. The Hall–Kier alpha value is -4.30. The average Bonchev–Trinajstić information content (AvgIpc) is 3.29. The van der Waals surface area contributed by atoms with Gasteiger partial charge < -0.3 is 16.0 Å². The van der Waals surface area contributed by atoms with E-state index in [9.17, 15) is 4.79 Å². The van der Waals surface area contributed by atoms with Crippen molar-refractivity contribution in [2.24, 2.45) is 5.73 Å². The van der Waals surface area contributed by atoms with Crippen LogP contribution in [-0.2, 0) is 26.1 Å². The van der Waals surface area contributed by atoms with Gasteiger partial charge in [0, 0.05) is 31.5 Å². The first-order valence-electron chi connectivity index (χ1n) is 11.9. The van der Waals surface area contributed by atoms with Crippen LogP contribution in [0.25, 0.3) is 11.0 Å². The summed E-state index contributed by atoms with van der Waals surface area (Å²) in [7, 11) is 0. The summed E-state index contributed by atoms with van der Waals surface area (Å²) in [5, 5.41) is 9.02. The summed E-state index contributed by atoms with van der Waals surface area (Å²) in [6, 6.07) is 16.1. The molecule has 5 aromatic rings. The fourth-order valence-electron chi connectivity index (χ4n) is 4.50. The lowest BCUT2D eigenvalue weighted by molar-refractivity contribution is 0.693. The van der Waals surface area contributed by atoms with E-state index in [1.807, 2.05) is 16.9 Å². The van der Waals surface area contributed by atoms with Crippen LogP contribution in [0.1, 0.15) is 38.9 Å². The van der Waals surface area contributed by atoms with Gasteiger partial charge in [0.15, 0.2) is 5.65 Å². The molecular formula is C28H29N7O. The standard InChI is InChI=1S/C28H29N7O/c1-18-9-23(12-29)10-19(2)24(18)14-31-27-25-16-35(34-28(25)33-17-32-27)15-21-5-3-20(4-6-21)11-22-7-8-26(36)30-13-22/h3-10,13,16-17H,11-12,14-15,29H2,1-2H3,(H,30,36)(H,31,32,33,34). The molecule has 0 atom stereocenters. The molecule has 0 amide bonds. The van der Waals surface area contributed by atoms with Gasteiger partial charge in [-0.3, -0.25) is 9.48 Å². The third-order valence-electron chi connectivity index (χ3n) is 6.41. The van der Waals surface area contributed by atoms with Crippen molar-refractivity contribution in [1.29, 1.82) is 0 Å². The van der Waals surface area contributed by atoms with E-state index in [1.54, 1.807) is 18.6 Å². The van der Waals surface area contributed by atoms with E-state index in [1.165, 1.54) is 22.3 Å². The second kappa shape index (κ2) is 10.1. The summed E-state index contributed by atoms with van der Waals surface area (Å²) in [4.78, 5) is 22.8. The first-order chi connectivity index (χ1) is 17.5. The van der Waals surface area contributed by atoms with E-state index in [2.05, 4.69) is 75.6 Å². The van der Waals surface area contributed by atoms with Crippen molar-refractivity contribution in [2.45, 2.75) is 39.9 Å². The lowest BCUT2D eigenvalue weighted by Gasteiger charge is -2.13. The molecule has 3 heterocycles. The van der Waals surface area contributed by atoms with Crippen LogP contribution in [0.4, 0.5) is 5.82 Å². The Morgan fingerprint density at radius 3 is 2.36 bits per heavy atom. The molecular weight excluding hydrogens is 450 g/mol. The lowest BCUT2D eigenvalue weighted by Crippen LogP contribution is -2.07. The van der Waals surface area contributed by atoms with Crippen LogP contribution in [0, 0.1) is 13.8 Å². The zero-order valence-electron chi connectivity index (χ0n) is 20.5. The summed E-state index contributed by atoms with van der Waals surface area (Å²) < 4.78 is 1.90. The molecule has 182 valence electrons. The van der Waals surface area contributed by atoms with Crippen LogP contribution in [-0.4, -0.2) is 24.7 Å². The number of pyridine rings is 1. The first kappa shape index (κ1) is 23.4. The van der Waals surface area contributed by atoms with Gasteiger partial charge in [0.2, 0.25) is 5.56 Å². The van der Waals surface area contributed by atoms with E-state index >= 15 is 0 Å². The van der Waals surface area contributed by atoms with Crippen LogP contribution >= 0.6 is 0 Å². The number of aromatic amines is 1. The number of benzene rings is 2. The summed E-state index contributed by atoms with van der Waals surface area (Å²) >= 11 is 0. The molecule has 0 radical (unpaired) electrons. The highest BCUT2D eigenvalue weighted by molar-refractivity contribution is 5.85. The van der Waals surface area contributed by atoms with Gasteiger partial charge in [-0.05, 0) is 59.2 Å². The van der Waals surface area contributed by atoms with Crippen LogP contribution in [0.3, 0.4) is 0 Å². The Morgan fingerprint density at radius 1 is 0.944 bits per heavy atom. The smallest absolute Gasteiger partial charge is 0.247 e. The quantitative estimate of drug-likeness (QED) is 0.312. The van der Waals surface area contributed by atoms with Gasteiger partial charge in [0.05, 0.1) is 11.9 Å². The minimum atomic E-state index is -0.0878. The molecule has 0 unspecified atom stereocenters. The van der Waals surface area contributed by atoms with Crippen molar-refractivity contribution in [3.8, 4) is 0 Å². The van der Waals surface area contributed by atoms with Crippen molar-refractivity contribution >= 4 is 16.9 Å². The minimum Gasteiger partial charge on any atom is -0.365 e. The maximum atomic E-state index is 11.2. The highest BCUT2D eigenvalue weighted by Gasteiger charge is 2.11. The normalized spacial score (nSPS) is 11.2. The predicted octanol–water partition coefficient (Wildman–Crippen LogP) is 3.84. The molecule has 8 heteroatoms. The maximum Gasteiger partial charge on any atom is 0.247 e. The summed E-state index contributed by atoms with van der Waals surface area (Å²) in [5.74, 6) is 0.768. The van der Waals surface area contributed by atoms with E-state index in [0.29, 0.717) is 25.3 Å². The lowest BCUT2D eigenvalue weighted by atomic mass is 9.99. The molecule has 36 heavy (non-hydrogen) atoms. The second-order valence-corrected chi connectivity index (χ2v) is 9.11. The molecule has 0 saturated heterocycles. The number of anilines is 1. The van der Waals surface area contributed by atoms with Crippen LogP contribution < -0.4 is 16.6 Å². The van der Waals surface area contributed by atoms with Crippen molar-refractivity contribution in [3.63, 3.8) is 0 Å². The molecule has 0 fully saturated rings. The zero-order valence-corrected chi connectivity index (χ0v) is 20.5. The van der Waals surface area contributed by atoms with Crippen LogP contribution in [0.15, 0.2) is 72.0 Å². The number of fused-ring (bicyclic) bond motifs is 1. The van der Waals surface area contributed by atoms with Crippen molar-refractivity contribution in [3.05, 3.63) is 117 Å². The molecule has 8 nitrogen and oxygen atoms in total. The van der Waals surface area contributed by atoms with Gasteiger partial charge in [-0.25, -0.2) is 9.97 Å². The molecule has 4 N–H and O–H groups in total. The number of rotatable bonds is 8. The molecule has 2 aromatic carbocycles. The van der Waals surface area contributed by atoms with E-state index in [4.69, 9.17) is 5.73 Å². The van der Waals surface area contributed by atoms with Gasteiger partial charge in [0.25, 0.3) is 0 Å². The number of nitrogens with two attached hydrogens (primary N) is 1. The minimum absolute atomic E-state index is 0.0878. The van der Waals surface area contributed by atoms with Gasteiger partial charge >= 0.3 is 0 Å². The van der Waals surface area contributed by atoms with E-state index in [-0.39, 0.29) is 5.56 Å². The third kappa shape index (κ3) is 5.18. The SMILES string of the molecule is Cc1cc(CN)cc(C)c1CNc1ncnc2nn(Cc3ccc(Cc4ccc(=O)[nH]c4)cc3)cc12. The molecule has 0 spiro atoms. The Kier molecular flexibility index (Phi) is 6.60. The number of H-pyrrole nitrogens is 1. The highest BCUT2D eigenvalue weighted by atomic mass is 16.1. The molecule has 5 rings (SSSR count). The average molecular weight is 480 g/mol. The number of aromatic nitrogens is 5. The molecule has 0 bridgehead atoms. The fraction of sp³-hybridized carbons (Fsp3) is 0.214. The van der Waals surface area contributed by atoms with Crippen LogP contribution in [0.2, 0.25) is 0 Å². The Morgan fingerprint density at radius 2 is 1.67 bits per heavy atom. The van der Waals surface area contributed by atoms with Crippen molar-refractivity contribution in [2.75, 3.05) is 5.32 Å². The van der Waals surface area contributed by atoms with Gasteiger partial charge in [-0.2, -0.15) is 5.10 Å². The number of hydrogen-bond acceptors (Lipinski definition) is 6. The first-order valence-corrected chi connectivity index (χ1v) is 11.9.